The van der Waals surface area contributed by atoms with E-state index < -0.39 is 70.0 Å². The number of nitrogens with one attached hydrogen (secondary N) is 1. The van der Waals surface area contributed by atoms with Crippen molar-refractivity contribution in [3.8, 4) is 0 Å². The van der Waals surface area contributed by atoms with E-state index in [0.29, 0.717) is 5.52 Å². The number of aliphatic hydroxyl groups excluding tert-OH is 7. The molecule has 3 rings (SSSR count). The van der Waals surface area contributed by atoms with E-state index in [1.807, 2.05) is 0 Å². The maximum Gasteiger partial charge on any atom is 0.469 e. The zero-order chi connectivity index (χ0) is 27.2. The van der Waals surface area contributed by atoms with Gasteiger partial charge in [0.25, 0.3) is 0 Å². The van der Waals surface area contributed by atoms with Crippen molar-refractivity contribution in [3.05, 3.63) is 12.7 Å². The van der Waals surface area contributed by atoms with Crippen LogP contribution in [-0.4, -0.2) is 135 Å². The molecule has 0 aromatic carbocycles. The van der Waals surface area contributed by atoms with Gasteiger partial charge in [0.15, 0.2) is 17.7 Å². The van der Waals surface area contributed by atoms with Crippen molar-refractivity contribution in [1.82, 2.24) is 24.8 Å². The van der Waals surface area contributed by atoms with Crippen molar-refractivity contribution in [1.29, 1.82) is 0 Å². The standard InChI is InChI=1S/C10H14N5O7P.C7H17NO5/c11-8-5-9(13-2-12-8)15(3-14-5)10-7(17)6(16)4(22-10)1-21-23(18,19)20;1-8-2-4(10)6(12)7(13)5(11)3-9/h2-4,6-7,10,16-17H,1H2,(H2,11,12,13)(H2,18,19,20);4-13H,2-3H2,1H3/t4-,6-,7-,10?;4-,5+,6+,7+/m11/s1. The lowest BCUT2D eigenvalue weighted by molar-refractivity contribution is -0.113. The van der Waals surface area contributed by atoms with Crippen LogP contribution in [0.15, 0.2) is 12.7 Å². The van der Waals surface area contributed by atoms with Crippen molar-refractivity contribution in [2.75, 3.05) is 32.5 Å². The molecule has 1 aliphatic heterocycles. The van der Waals surface area contributed by atoms with Gasteiger partial charge in [-0.25, -0.2) is 19.5 Å². The molecular weight excluding hydrogens is 511 g/mol. The van der Waals surface area contributed by atoms with E-state index in [-0.39, 0.29) is 18.0 Å². The van der Waals surface area contributed by atoms with Crippen LogP contribution in [0.5, 0.6) is 0 Å². The summed E-state index contributed by atoms with van der Waals surface area (Å²) in [6, 6.07) is 0. The molecule has 1 aliphatic rings. The molecule has 0 radical (unpaired) electrons. The Morgan fingerprint density at radius 3 is 2.36 bits per heavy atom. The molecule has 18 nitrogen and oxygen atoms in total. The third-order valence-electron chi connectivity index (χ3n) is 5.14. The molecule has 0 bridgehead atoms. The Kier molecular flexibility index (Phi) is 11.0. The summed E-state index contributed by atoms with van der Waals surface area (Å²) in [6.45, 7) is -1.16. The summed E-state index contributed by atoms with van der Waals surface area (Å²) in [4.78, 5) is 29.2. The van der Waals surface area contributed by atoms with Crippen LogP contribution in [0, 0.1) is 0 Å². The number of phosphoric acid groups is 1. The highest BCUT2D eigenvalue weighted by molar-refractivity contribution is 7.46. The van der Waals surface area contributed by atoms with E-state index >= 15 is 0 Å². The Hall–Kier alpha value is -1.90. The molecule has 1 saturated heterocycles. The Morgan fingerprint density at radius 2 is 1.78 bits per heavy atom. The van der Waals surface area contributed by atoms with Crippen LogP contribution in [-0.2, 0) is 13.8 Å². The minimum absolute atomic E-state index is 0.0936. The number of fused-ring (bicyclic) bond motifs is 1. The molecule has 0 saturated carbocycles. The maximum absolute atomic E-state index is 10.7. The smallest absolute Gasteiger partial charge is 0.394 e. The number of hydrogen-bond acceptors (Lipinski definition) is 15. The number of nitrogens with two attached hydrogens (primary N) is 1. The highest BCUT2D eigenvalue weighted by Gasteiger charge is 2.45. The van der Waals surface area contributed by atoms with Gasteiger partial charge < -0.3 is 61.3 Å². The molecule has 8 atom stereocenters. The molecule has 2 aromatic rings. The molecule has 1 unspecified atom stereocenters. The Morgan fingerprint density at radius 1 is 1.14 bits per heavy atom. The second kappa shape index (κ2) is 13.1. The van der Waals surface area contributed by atoms with Gasteiger partial charge in [-0.1, -0.05) is 0 Å². The Balaban J connectivity index is 0.000000302. The Bertz CT molecular complexity index is 1010. The van der Waals surface area contributed by atoms with Gasteiger partial charge in [0, 0.05) is 6.54 Å². The first kappa shape index (κ1) is 30.3. The van der Waals surface area contributed by atoms with E-state index in [0.717, 1.165) is 0 Å². The molecule has 12 N–H and O–H groups in total. The summed E-state index contributed by atoms with van der Waals surface area (Å²) < 4.78 is 21.8. The first-order chi connectivity index (χ1) is 16.8. The zero-order valence-corrected chi connectivity index (χ0v) is 19.9. The highest BCUT2D eigenvalue weighted by Crippen LogP contribution is 2.38. The quantitative estimate of drug-likeness (QED) is 0.125. The zero-order valence-electron chi connectivity index (χ0n) is 19.0. The molecule has 0 spiro atoms. The molecule has 206 valence electrons. The lowest BCUT2D eigenvalue weighted by Crippen LogP contribution is -2.48. The topological polar surface area (TPSA) is 299 Å². The minimum Gasteiger partial charge on any atom is -0.394 e. The molecule has 2 aromatic heterocycles. The van der Waals surface area contributed by atoms with Gasteiger partial charge in [0.05, 0.1) is 25.6 Å². The summed E-state index contributed by atoms with van der Waals surface area (Å²) in [5.74, 6) is 0.142. The number of imidazole rings is 1. The van der Waals surface area contributed by atoms with Gasteiger partial charge >= 0.3 is 7.82 Å². The van der Waals surface area contributed by atoms with Crippen molar-refractivity contribution in [2.45, 2.75) is 49.0 Å². The predicted octanol–water partition coefficient (Wildman–Crippen LogP) is -5.22. The second-order valence-electron chi connectivity index (χ2n) is 7.77. The average Bonchev–Trinajstić information content (AvgIpc) is 3.38. The monoisotopic (exact) mass is 542 g/mol. The molecule has 3 heterocycles. The molecule has 0 amide bonds. The summed E-state index contributed by atoms with van der Waals surface area (Å²) in [7, 11) is -3.14. The third kappa shape index (κ3) is 7.56. The van der Waals surface area contributed by atoms with Crippen LogP contribution in [0.25, 0.3) is 11.2 Å². The summed E-state index contributed by atoms with van der Waals surface area (Å²) in [5.41, 5.74) is 6.25. The SMILES string of the molecule is CNC[C@@H](O)[C@H](O)[C@@H](O)[C@@H](O)CO.Nc1ncnc2c1ncn2C1O[C@H](COP(=O)(O)O)[C@@H](O)[C@H]1O. The van der Waals surface area contributed by atoms with E-state index in [2.05, 4.69) is 24.8 Å². The van der Waals surface area contributed by atoms with E-state index in [1.165, 1.54) is 17.2 Å². The summed E-state index contributed by atoms with van der Waals surface area (Å²) in [6.07, 6.45) is -8.14. The average molecular weight is 542 g/mol. The van der Waals surface area contributed by atoms with Crippen molar-refractivity contribution >= 4 is 24.8 Å². The van der Waals surface area contributed by atoms with Gasteiger partial charge in [-0.05, 0) is 7.05 Å². The first-order valence-electron chi connectivity index (χ1n) is 10.4. The molecule has 36 heavy (non-hydrogen) atoms. The van der Waals surface area contributed by atoms with Crippen molar-refractivity contribution in [2.24, 2.45) is 0 Å². The van der Waals surface area contributed by atoms with Gasteiger partial charge in [-0.3, -0.25) is 9.09 Å². The number of phosphoric ester groups is 1. The summed E-state index contributed by atoms with van der Waals surface area (Å²) in [5, 5.41) is 67.5. The fraction of sp³-hybridized carbons (Fsp3) is 0.706. The first-order valence-corrected chi connectivity index (χ1v) is 12.0. The number of aromatic nitrogens is 4. The van der Waals surface area contributed by atoms with Gasteiger partial charge in [-0.2, -0.15) is 0 Å². The highest BCUT2D eigenvalue weighted by atomic mass is 31.2. The van der Waals surface area contributed by atoms with E-state index in [1.54, 1.807) is 7.05 Å². The van der Waals surface area contributed by atoms with Gasteiger partial charge in [0.2, 0.25) is 0 Å². The van der Waals surface area contributed by atoms with Crippen LogP contribution in [0.2, 0.25) is 0 Å². The van der Waals surface area contributed by atoms with E-state index in [4.69, 9.17) is 40.7 Å². The van der Waals surface area contributed by atoms with Crippen LogP contribution >= 0.6 is 7.82 Å². The third-order valence-corrected chi connectivity index (χ3v) is 5.63. The van der Waals surface area contributed by atoms with Crippen LogP contribution in [0.4, 0.5) is 5.82 Å². The number of aliphatic hydroxyl groups is 7. The van der Waals surface area contributed by atoms with Crippen molar-refractivity contribution in [3.63, 3.8) is 0 Å². The number of rotatable bonds is 10. The molecule has 19 heteroatoms. The number of anilines is 1. The summed E-state index contributed by atoms with van der Waals surface area (Å²) >= 11 is 0. The van der Waals surface area contributed by atoms with Gasteiger partial charge in [-0.15, -0.1) is 0 Å². The fourth-order valence-corrected chi connectivity index (χ4v) is 3.56. The van der Waals surface area contributed by atoms with Gasteiger partial charge in [0.1, 0.15) is 48.5 Å². The van der Waals surface area contributed by atoms with Crippen LogP contribution < -0.4 is 11.1 Å². The predicted molar refractivity (Wildman–Crippen MR) is 119 cm³/mol. The lowest BCUT2D eigenvalue weighted by Gasteiger charge is -2.25. The number of nitrogens with zero attached hydrogens (tertiary/aromatic N) is 4. The number of likely N-dealkylation sites (N-methyl/N-ethyl adjacent to an activating group) is 1. The molecule has 1 fully saturated rings. The second-order valence-corrected chi connectivity index (χ2v) is 9.01. The maximum atomic E-state index is 10.7. The lowest BCUT2D eigenvalue weighted by atomic mass is 10.0. The van der Waals surface area contributed by atoms with Crippen LogP contribution in [0.3, 0.4) is 0 Å². The molecular formula is C17H31N6O12P. The Labute approximate surface area is 203 Å². The fourth-order valence-electron chi connectivity index (χ4n) is 3.22. The number of ether oxygens (including phenoxy) is 1. The minimum atomic E-state index is -4.72. The molecule has 0 aliphatic carbocycles. The largest absolute Gasteiger partial charge is 0.469 e. The normalized spacial score (nSPS) is 25.7. The van der Waals surface area contributed by atoms with Crippen molar-refractivity contribution < 1.29 is 59.4 Å². The number of hydrogen-bond donors (Lipinski definition) is 11. The van der Waals surface area contributed by atoms with E-state index in [9.17, 15) is 19.9 Å². The van der Waals surface area contributed by atoms with Crippen LogP contribution in [0.1, 0.15) is 6.23 Å². The number of nitrogen functional groups attached to an aromatic ring is 1.